The highest BCUT2D eigenvalue weighted by Gasteiger charge is 2.17. The van der Waals surface area contributed by atoms with E-state index in [0.29, 0.717) is 13.2 Å². The Morgan fingerprint density at radius 2 is 2.08 bits per heavy atom. The summed E-state index contributed by atoms with van der Waals surface area (Å²) in [4.78, 5) is 11.8. The molecule has 0 radical (unpaired) electrons. The lowest BCUT2D eigenvalue weighted by molar-refractivity contribution is -0.120. The summed E-state index contributed by atoms with van der Waals surface area (Å²) in [6.07, 6.45) is 2.35. The number of primary amides is 1. The highest BCUT2D eigenvalue weighted by molar-refractivity contribution is 5.81. The molecule has 5 heteroatoms. The van der Waals surface area contributed by atoms with Crippen LogP contribution >= 0.6 is 0 Å². The van der Waals surface area contributed by atoms with Crippen molar-refractivity contribution in [2.75, 3.05) is 13.2 Å². The predicted octanol–water partition coefficient (Wildman–Crippen LogP) is 2.56. The zero-order valence-corrected chi connectivity index (χ0v) is 14.2. The molecule has 3 rings (SSSR count). The van der Waals surface area contributed by atoms with Crippen LogP contribution in [0.1, 0.15) is 30.0 Å². The van der Waals surface area contributed by atoms with Gasteiger partial charge in [0, 0.05) is 13.2 Å². The van der Waals surface area contributed by atoms with E-state index in [0.717, 1.165) is 36.3 Å². The molecule has 1 amide bonds. The number of rotatable bonds is 8. The van der Waals surface area contributed by atoms with Crippen LogP contribution in [0.25, 0.3) is 0 Å². The summed E-state index contributed by atoms with van der Waals surface area (Å²) in [6, 6.07) is 16.8. The van der Waals surface area contributed by atoms with Gasteiger partial charge in [-0.25, -0.2) is 0 Å². The quantitative estimate of drug-likeness (QED) is 0.774. The van der Waals surface area contributed by atoms with Crippen molar-refractivity contribution in [1.29, 1.82) is 0 Å². The van der Waals surface area contributed by atoms with Crippen molar-refractivity contribution in [2.24, 2.45) is 5.73 Å². The zero-order valence-electron chi connectivity index (χ0n) is 14.2. The van der Waals surface area contributed by atoms with Crippen LogP contribution in [-0.2, 0) is 16.1 Å². The second-order valence-electron chi connectivity index (χ2n) is 6.22. The molecule has 1 heterocycles. The van der Waals surface area contributed by atoms with Gasteiger partial charge < -0.3 is 15.2 Å². The summed E-state index contributed by atoms with van der Waals surface area (Å²) >= 11 is 0. The van der Waals surface area contributed by atoms with E-state index in [1.165, 1.54) is 0 Å². The standard InChI is InChI=1S/C20H24N2O3/c21-20(23)19(16-7-2-1-3-8-16)22-13-15-6-4-9-17(12-15)25-14-18-10-5-11-24-18/h1-4,6-9,12,18-19,22H,5,10-11,13-14H2,(H2,21,23)/t18-,19+/m1/s1. The topological polar surface area (TPSA) is 73.6 Å². The van der Waals surface area contributed by atoms with Gasteiger partial charge in [-0.15, -0.1) is 0 Å². The number of benzene rings is 2. The van der Waals surface area contributed by atoms with Crippen molar-refractivity contribution in [3.05, 3.63) is 65.7 Å². The highest BCUT2D eigenvalue weighted by Crippen LogP contribution is 2.18. The van der Waals surface area contributed by atoms with Gasteiger partial charge in [0.05, 0.1) is 6.10 Å². The first kappa shape index (κ1) is 17.5. The zero-order chi connectivity index (χ0) is 17.5. The van der Waals surface area contributed by atoms with Crippen molar-refractivity contribution >= 4 is 5.91 Å². The number of carbonyl (C=O) groups is 1. The summed E-state index contributed by atoms with van der Waals surface area (Å²) in [7, 11) is 0. The summed E-state index contributed by atoms with van der Waals surface area (Å²) in [6.45, 7) is 1.93. The molecule has 3 N–H and O–H groups in total. The normalized spacial score (nSPS) is 18.0. The fraction of sp³-hybridized carbons (Fsp3) is 0.350. The van der Waals surface area contributed by atoms with E-state index in [2.05, 4.69) is 5.32 Å². The minimum atomic E-state index is -0.516. The highest BCUT2D eigenvalue weighted by atomic mass is 16.5. The van der Waals surface area contributed by atoms with E-state index >= 15 is 0 Å². The van der Waals surface area contributed by atoms with E-state index in [1.807, 2.05) is 54.6 Å². The van der Waals surface area contributed by atoms with Crippen molar-refractivity contribution < 1.29 is 14.3 Å². The largest absolute Gasteiger partial charge is 0.491 e. The number of hydrogen-bond donors (Lipinski definition) is 2. The van der Waals surface area contributed by atoms with Crippen LogP contribution in [0, 0.1) is 0 Å². The molecule has 0 unspecified atom stereocenters. The number of carbonyl (C=O) groups excluding carboxylic acids is 1. The van der Waals surface area contributed by atoms with Crippen LogP contribution in [0.5, 0.6) is 5.75 Å². The smallest absolute Gasteiger partial charge is 0.239 e. The molecule has 2 aromatic carbocycles. The molecule has 1 fully saturated rings. The lowest BCUT2D eigenvalue weighted by Gasteiger charge is -2.16. The minimum Gasteiger partial charge on any atom is -0.491 e. The maximum atomic E-state index is 11.8. The molecular formula is C20H24N2O3. The third-order valence-corrected chi connectivity index (χ3v) is 4.29. The average Bonchev–Trinajstić information content (AvgIpc) is 3.15. The Labute approximate surface area is 148 Å². The Balaban J connectivity index is 1.58. The number of ether oxygens (including phenoxy) is 2. The monoisotopic (exact) mass is 340 g/mol. The first-order chi connectivity index (χ1) is 12.2. The lowest BCUT2D eigenvalue weighted by atomic mass is 10.1. The molecule has 2 atom stereocenters. The van der Waals surface area contributed by atoms with Crippen LogP contribution < -0.4 is 15.8 Å². The van der Waals surface area contributed by atoms with Gasteiger partial charge in [0.1, 0.15) is 18.4 Å². The molecule has 0 saturated carbocycles. The Morgan fingerprint density at radius 3 is 2.80 bits per heavy atom. The first-order valence-electron chi connectivity index (χ1n) is 8.63. The van der Waals surface area contributed by atoms with Gasteiger partial charge in [-0.2, -0.15) is 0 Å². The molecular weight excluding hydrogens is 316 g/mol. The third-order valence-electron chi connectivity index (χ3n) is 4.29. The van der Waals surface area contributed by atoms with Crippen molar-refractivity contribution in [2.45, 2.75) is 31.5 Å². The van der Waals surface area contributed by atoms with Crippen LogP contribution in [0.4, 0.5) is 0 Å². The molecule has 2 aromatic rings. The van der Waals surface area contributed by atoms with Crippen molar-refractivity contribution in [1.82, 2.24) is 5.32 Å². The average molecular weight is 340 g/mol. The van der Waals surface area contributed by atoms with Crippen molar-refractivity contribution in [3.63, 3.8) is 0 Å². The summed E-state index contributed by atoms with van der Waals surface area (Å²) < 4.78 is 11.4. The summed E-state index contributed by atoms with van der Waals surface area (Å²) in [5.74, 6) is 0.419. The van der Waals surface area contributed by atoms with Gasteiger partial charge in [0.2, 0.25) is 5.91 Å². The number of nitrogens with one attached hydrogen (secondary N) is 1. The molecule has 0 aromatic heterocycles. The third kappa shape index (κ3) is 5.05. The SMILES string of the molecule is NC(=O)[C@@H](NCc1cccc(OC[C@H]2CCCO2)c1)c1ccccc1. The first-order valence-corrected chi connectivity index (χ1v) is 8.63. The molecule has 0 bridgehead atoms. The van der Waals surface area contributed by atoms with Gasteiger partial charge in [0.15, 0.2) is 0 Å². The minimum absolute atomic E-state index is 0.194. The number of nitrogens with two attached hydrogens (primary N) is 1. The molecule has 5 nitrogen and oxygen atoms in total. The van der Waals surface area contributed by atoms with Crippen LogP contribution in [0.2, 0.25) is 0 Å². The van der Waals surface area contributed by atoms with Crippen LogP contribution in [-0.4, -0.2) is 25.2 Å². The van der Waals surface area contributed by atoms with Gasteiger partial charge in [-0.1, -0.05) is 42.5 Å². The fourth-order valence-corrected chi connectivity index (χ4v) is 2.96. The van der Waals surface area contributed by atoms with E-state index in [-0.39, 0.29) is 6.10 Å². The van der Waals surface area contributed by atoms with Gasteiger partial charge >= 0.3 is 0 Å². The maximum Gasteiger partial charge on any atom is 0.239 e. The molecule has 0 spiro atoms. The summed E-state index contributed by atoms with van der Waals surface area (Å²) in [5.41, 5.74) is 7.44. The van der Waals surface area contributed by atoms with Crippen LogP contribution in [0.15, 0.2) is 54.6 Å². The molecule has 132 valence electrons. The number of amides is 1. The fourth-order valence-electron chi connectivity index (χ4n) is 2.96. The Morgan fingerprint density at radius 1 is 1.24 bits per heavy atom. The summed E-state index contributed by atoms with van der Waals surface area (Å²) in [5, 5.41) is 3.22. The van der Waals surface area contributed by atoms with Gasteiger partial charge in [0.25, 0.3) is 0 Å². The van der Waals surface area contributed by atoms with Gasteiger partial charge in [-0.3, -0.25) is 10.1 Å². The van der Waals surface area contributed by atoms with E-state index < -0.39 is 11.9 Å². The molecule has 0 aliphatic carbocycles. The molecule has 1 aliphatic rings. The Hall–Kier alpha value is -2.37. The number of hydrogen-bond acceptors (Lipinski definition) is 4. The predicted molar refractivity (Wildman–Crippen MR) is 96.1 cm³/mol. The molecule has 1 aliphatic heterocycles. The Kier molecular flexibility index (Phi) is 6.04. The maximum absolute atomic E-state index is 11.8. The lowest BCUT2D eigenvalue weighted by Crippen LogP contribution is -2.33. The van der Waals surface area contributed by atoms with Crippen LogP contribution in [0.3, 0.4) is 0 Å². The van der Waals surface area contributed by atoms with E-state index in [9.17, 15) is 4.79 Å². The molecule has 1 saturated heterocycles. The molecule has 25 heavy (non-hydrogen) atoms. The second kappa shape index (κ2) is 8.65. The van der Waals surface area contributed by atoms with E-state index in [4.69, 9.17) is 15.2 Å². The Bertz CT molecular complexity index is 684. The second-order valence-corrected chi connectivity index (χ2v) is 6.22. The van der Waals surface area contributed by atoms with Crippen molar-refractivity contribution in [3.8, 4) is 5.75 Å². The van der Waals surface area contributed by atoms with E-state index in [1.54, 1.807) is 0 Å². The van der Waals surface area contributed by atoms with Gasteiger partial charge in [-0.05, 0) is 36.1 Å².